The van der Waals surface area contributed by atoms with Crippen LogP contribution in [0.4, 0.5) is 18.9 Å². The number of sulfonamides is 1. The molecule has 0 aromatic heterocycles. The van der Waals surface area contributed by atoms with Gasteiger partial charge in [-0.1, -0.05) is 23.7 Å². The quantitative estimate of drug-likeness (QED) is 0.867. The Labute approximate surface area is 146 Å². The highest BCUT2D eigenvalue weighted by Gasteiger charge is 2.35. The molecule has 0 radical (unpaired) electrons. The molecule has 2 aromatic rings. The summed E-state index contributed by atoms with van der Waals surface area (Å²) in [4.78, 5) is 10.8. The summed E-state index contributed by atoms with van der Waals surface area (Å²) in [6.45, 7) is 0. The fourth-order valence-electron chi connectivity index (χ4n) is 2.13. The Morgan fingerprint density at radius 3 is 2.32 bits per heavy atom. The predicted molar refractivity (Wildman–Crippen MR) is 87.0 cm³/mol. The summed E-state index contributed by atoms with van der Waals surface area (Å²) in [6.07, 6.45) is -4.81. The lowest BCUT2D eigenvalue weighted by molar-refractivity contribution is -0.137. The number of benzene rings is 2. The maximum absolute atomic E-state index is 13.0. The number of halogens is 4. The second-order valence-electron chi connectivity index (χ2n) is 4.99. The van der Waals surface area contributed by atoms with E-state index in [0.29, 0.717) is 10.4 Å². The SMILES string of the molecule is CN(c1ccccc1C(N)=O)S(=O)(=O)c1ccc(Cl)c(C(F)(F)F)c1. The fraction of sp³-hybridized carbons (Fsp3) is 0.133. The van der Waals surface area contributed by atoms with Gasteiger partial charge in [-0.3, -0.25) is 9.10 Å². The molecule has 0 unspecified atom stereocenters. The van der Waals surface area contributed by atoms with E-state index in [4.69, 9.17) is 17.3 Å². The van der Waals surface area contributed by atoms with Gasteiger partial charge in [0.2, 0.25) is 0 Å². The number of carbonyl (C=O) groups excluding carboxylic acids is 1. The summed E-state index contributed by atoms with van der Waals surface area (Å²) in [5.74, 6) is -0.871. The first-order chi connectivity index (χ1) is 11.5. The summed E-state index contributed by atoms with van der Waals surface area (Å²) >= 11 is 5.50. The van der Waals surface area contributed by atoms with Gasteiger partial charge in [-0.15, -0.1) is 0 Å². The molecular formula is C15H12ClF3N2O3S. The van der Waals surface area contributed by atoms with Crippen molar-refractivity contribution in [2.24, 2.45) is 5.73 Å². The number of anilines is 1. The van der Waals surface area contributed by atoms with Gasteiger partial charge >= 0.3 is 6.18 Å². The van der Waals surface area contributed by atoms with Crippen LogP contribution in [0.15, 0.2) is 47.4 Å². The van der Waals surface area contributed by atoms with Crippen molar-refractivity contribution in [2.45, 2.75) is 11.1 Å². The standard InChI is InChI=1S/C15H12ClF3N2O3S/c1-21(13-5-3-2-4-10(13)14(20)22)25(23,24)9-6-7-12(16)11(8-9)15(17,18)19/h2-8H,1H3,(H2,20,22). The third-order valence-corrected chi connectivity index (χ3v) is 5.51. The molecule has 0 heterocycles. The lowest BCUT2D eigenvalue weighted by atomic mass is 10.2. The smallest absolute Gasteiger partial charge is 0.366 e. The van der Waals surface area contributed by atoms with E-state index in [1.54, 1.807) is 0 Å². The third-order valence-electron chi connectivity index (χ3n) is 3.41. The fourth-order valence-corrected chi connectivity index (χ4v) is 3.59. The van der Waals surface area contributed by atoms with Crippen LogP contribution in [0.25, 0.3) is 0 Å². The predicted octanol–water partition coefficient (Wildman–Crippen LogP) is 3.28. The molecule has 0 spiro atoms. The molecule has 2 rings (SSSR count). The molecule has 0 aliphatic heterocycles. The maximum atomic E-state index is 13.0. The minimum absolute atomic E-state index is 0.0569. The summed E-state index contributed by atoms with van der Waals surface area (Å²) in [5.41, 5.74) is 3.80. The van der Waals surface area contributed by atoms with E-state index in [0.717, 1.165) is 19.2 Å². The molecular weight excluding hydrogens is 381 g/mol. The molecule has 2 N–H and O–H groups in total. The number of carbonyl (C=O) groups is 1. The molecule has 0 aliphatic carbocycles. The van der Waals surface area contributed by atoms with E-state index in [1.807, 2.05) is 0 Å². The number of rotatable bonds is 4. The molecule has 0 aliphatic rings. The normalized spacial score (nSPS) is 12.0. The number of hydrogen-bond acceptors (Lipinski definition) is 3. The summed E-state index contributed by atoms with van der Waals surface area (Å²) in [7, 11) is -3.27. The van der Waals surface area contributed by atoms with Crippen LogP contribution in [0, 0.1) is 0 Å². The van der Waals surface area contributed by atoms with Gasteiger partial charge in [0.1, 0.15) is 0 Å². The van der Waals surface area contributed by atoms with E-state index in [1.165, 1.54) is 24.3 Å². The van der Waals surface area contributed by atoms with E-state index >= 15 is 0 Å². The molecule has 0 fully saturated rings. The number of hydrogen-bond donors (Lipinski definition) is 1. The summed E-state index contributed by atoms with van der Waals surface area (Å²) in [6, 6.07) is 7.83. The highest BCUT2D eigenvalue weighted by molar-refractivity contribution is 7.92. The minimum Gasteiger partial charge on any atom is -0.366 e. The average Bonchev–Trinajstić information content (AvgIpc) is 2.53. The van der Waals surface area contributed by atoms with Gasteiger partial charge in [0.25, 0.3) is 15.9 Å². The second-order valence-corrected chi connectivity index (χ2v) is 7.37. The lowest BCUT2D eigenvalue weighted by Gasteiger charge is -2.22. The number of para-hydroxylation sites is 1. The highest BCUT2D eigenvalue weighted by atomic mass is 35.5. The zero-order valence-electron chi connectivity index (χ0n) is 12.7. The zero-order chi connectivity index (χ0) is 19.0. The van der Waals surface area contributed by atoms with Crippen molar-refractivity contribution in [3.63, 3.8) is 0 Å². The molecule has 0 atom stereocenters. The van der Waals surface area contributed by atoms with E-state index in [2.05, 4.69) is 0 Å². The summed E-state index contributed by atoms with van der Waals surface area (Å²) in [5, 5.41) is -0.619. The van der Waals surface area contributed by atoms with Gasteiger partial charge in [0, 0.05) is 7.05 Å². The second kappa shape index (κ2) is 6.57. The number of amides is 1. The number of primary amides is 1. The van der Waals surface area contributed by atoms with Crippen molar-refractivity contribution in [3.05, 3.63) is 58.6 Å². The Kier molecular flexibility index (Phi) is 5.01. The monoisotopic (exact) mass is 392 g/mol. The Balaban J connectivity index is 2.59. The largest absolute Gasteiger partial charge is 0.417 e. The van der Waals surface area contributed by atoms with Crippen LogP contribution in [0.5, 0.6) is 0 Å². The molecule has 5 nitrogen and oxygen atoms in total. The summed E-state index contributed by atoms with van der Waals surface area (Å²) < 4.78 is 64.9. The molecule has 25 heavy (non-hydrogen) atoms. The van der Waals surface area contributed by atoms with Crippen molar-refractivity contribution in [1.29, 1.82) is 0 Å². The van der Waals surface area contributed by atoms with Crippen molar-refractivity contribution in [2.75, 3.05) is 11.4 Å². The molecule has 10 heteroatoms. The van der Waals surface area contributed by atoms with Crippen molar-refractivity contribution in [3.8, 4) is 0 Å². The van der Waals surface area contributed by atoms with Crippen molar-refractivity contribution in [1.82, 2.24) is 0 Å². The zero-order valence-corrected chi connectivity index (χ0v) is 14.3. The number of nitrogens with two attached hydrogens (primary N) is 1. The molecule has 0 saturated carbocycles. The Morgan fingerprint density at radius 2 is 1.76 bits per heavy atom. The highest BCUT2D eigenvalue weighted by Crippen LogP contribution is 2.37. The molecule has 1 amide bonds. The topological polar surface area (TPSA) is 80.5 Å². The van der Waals surface area contributed by atoms with Crippen LogP contribution in [0.1, 0.15) is 15.9 Å². The average molecular weight is 393 g/mol. The van der Waals surface area contributed by atoms with Crippen LogP contribution < -0.4 is 10.0 Å². The molecule has 2 aromatic carbocycles. The number of alkyl halides is 3. The molecule has 0 bridgehead atoms. The van der Waals surface area contributed by atoms with Crippen molar-refractivity contribution < 1.29 is 26.4 Å². The van der Waals surface area contributed by atoms with Gasteiger partial charge in [0.05, 0.1) is 26.7 Å². The van der Waals surface area contributed by atoms with Gasteiger partial charge in [-0.2, -0.15) is 13.2 Å². The van der Waals surface area contributed by atoms with Gasteiger partial charge < -0.3 is 5.73 Å². The van der Waals surface area contributed by atoms with Crippen molar-refractivity contribution >= 4 is 33.2 Å². The van der Waals surface area contributed by atoms with Crippen LogP contribution in [-0.4, -0.2) is 21.4 Å². The van der Waals surface area contributed by atoms with Crippen LogP contribution in [0.3, 0.4) is 0 Å². The first kappa shape index (κ1) is 19.1. The van der Waals surface area contributed by atoms with Gasteiger partial charge in [-0.05, 0) is 30.3 Å². The van der Waals surface area contributed by atoms with Crippen LogP contribution >= 0.6 is 11.6 Å². The number of nitrogens with zero attached hydrogens (tertiary/aromatic N) is 1. The van der Waals surface area contributed by atoms with Gasteiger partial charge in [0.15, 0.2) is 0 Å². The van der Waals surface area contributed by atoms with E-state index in [9.17, 15) is 26.4 Å². The Morgan fingerprint density at radius 1 is 1.16 bits per heavy atom. The van der Waals surface area contributed by atoms with Crippen LogP contribution in [0.2, 0.25) is 5.02 Å². The maximum Gasteiger partial charge on any atom is 0.417 e. The molecule has 0 saturated heterocycles. The lowest BCUT2D eigenvalue weighted by Crippen LogP contribution is -2.29. The Bertz CT molecular complexity index is 930. The minimum atomic E-state index is -4.81. The van der Waals surface area contributed by atoms with Crippen LogP contribution in [-0.2, 0) is 16.2 Å². The molecule has 134 valence electrons. The first-order valence-electron chi connectivity index (χ1n) is 6.70. The van der Waals surface area contributed by atoms with E-state index < -0.39 is 37.6 Å². The Hall–Kier alpha value is -2.26. The van der Waals surface area contributed by atoms with E-state index in [-0.39, 0.29) is 11.3 Å². The third kappa shape index (κ3) is 3.72. The first-order valence-corrected chi connectivity index (χ1v) is 8.52. The van der Waals surface area contributed by atoms with Gasteiger partial charge in [-0.25, -0.2) is 8.42 Å².